The molecule has 0 radical (unpaired) electrons. The minimum absolute atomic E-state index is 0.740. The summed E-state index contributed by atoms with van der Waals surface area (Å²) in [5.74, 6) is 1.92. The Morgan fingerprint density at radius 1 is 1.37 bits per heavy atom. The van der Waals surface area contributed by atoms with Gasteiger partial charge in [-0.3, -0.25) is 0 Å². The Kier molecular flexibility index (Phi) is 5.46. The first-order chi connectivity index (χ1) is 9.24. The monoisotopic (exact) mass is 281 g/mol. The van der Waals surface area contributed by atoms with Gasteiger partial charge in [-0.15, -0.1) is 0 Å². The Bertz CT molecular complexity index is 404. The Balaban J connectivity index is 2.07. The summed E-state index contributed by atoms with van der Waals surface area (Å²) in [6.07, 6.45) is 4.13. The van der Waals surface area contributed by atoms with E-state index >= 15 is 0 Å². The predicted octanol–water partition coefficient (Wildman–Crippen LogP) is 3.47. The van der Waals surface area contributed by atoms with Crippen molar-refractivity contribution in [1.29, 1.82) is 0 Å². The zero-order chi connectivity index (χ0) is 13.7. The third-order valence-electron chi connectivity index (χ3n) is 3.86. The second-order valence-electron chi connectivity index (χ2n) is 5.21. The fourth-order valence-corrected chi connectivity index (χ4v) is 2.56. The van der Waals surface area contributed by atoms with Crippen LogP contribution in [0.1, 0.15) is 38.8 Å². The Morgan fingerprint density at radius 3 is 2.74 bits per heavy atom. The van der Waals surface area contributed by atoms with Crippen LogP contribution in [0.5, 0.6) is 0 Å². The molecule has 0 spiro atoms. The summed E-state index contributed by atoms with van der Waals surface area (Å²) >= 11 is 6.20. The zero-order valence-corrected chi connectivity index (χ0v) is 12.7. The van der Waals surface area contributed by atoms with E-state index in [9.17, 15) is 0 Å². The molecule has 3 nitrogen and oxygen atoms in total. The van der Waals surface area contributed by atoms with Crippen LogP contribution in [-0.4, -0.2) is 24.6 Å². The van der Waals surface area contributed by atoms with Gasteiger partial charge in [0.1, 0.15) is 5.82 Å². The molecule has 1 aromatic heterocycles. The molecule has 1 aliphatic carbocycles. The summed E-state index contributed by atoms with van der Waals surface area (Å²) in [7, 11) is 0. The lowest BCUT2D eigenvalue weighted by Crippen LogP contribution is -2.33. The smallest absolute Gasteiger partial charge is 0.128 e. The van der Waals surface area contributed by atoms with Gasteiger partial charge in [0.25, 0.3) is 0 Å². The Labute approximate surface area is 121 Å². The number of hydrogen-bond acceptors (Lipinski definition) is 3. The van der Waals surface area contributed by atoms with E-state index in [1.807, 2.05) is 12.1 Å². The second kappa shape index (κ2) is 7.11. The molecule has 19 heavy (non-hydrogen) atoms. The Hall–Kier alpha value is -0.800. The molecule has 0 unspecified atom stereocenters. The van der Waals surface area contributed by atoms with Gasteiger partial charge >= 0.3 is 0 Å². The normalized spacial score (nSPS) is 15.3. The zero-order valence-electron chi connectivity index (χ0n) is 12.0. The first-order valence-electron chi connectivity index (χ1n) is 7.35. The maximum Gasteiger partial charge on any atom is 0.128 e. The predicted molar refractivity (Wildman–Crippen MR) is 81.9 cm³/mol. The number of nitrogens with zero attached hydrogens (tertiary/aromatic N) is 2. The lowest BCUT2D eigenvalue weighted by molar-refractivity contribution is 0.318. The van der Waals surface area contributed by atoms with Gasteiger partial charge < -0.3 is 10.2 Å². The average molecular weight is 282 g/mol. The number of anilines is 1. The van der Waals surface area contributed by atoms with Crippen molar-refractivity contribution in [3.8, 4) is 0 Å². The van der Waals surface area contributed by atoms with Crippen LogP contribution in [0.25, 0.3) is 0 Å². The molecule has 0 saturated heterocycles. The van der Waals surface area contributed by atoms with Gasteiger partial charge in [-0.1, -0.05) is 24.9 Å². The molecule has 2 rings (SSSR count). The van der Waals surface area contributed by atoms with Crippen molar-refractivity contribution in [2.75, 3.05) is 24.5 Å². The minimum atomic E-state index is 0.740. The number of aromatic nitrogens is 1. The highest BCUT2D eigenvalue weighted by Gasteiger charge is 2.21. The minimum Gasteiger partial charge on any atom is -0.357 e. The summed E-state index contributed by atoms with van der Waals surface area (Å²) in [6.45, 7) is 8.09. The van der Waals surface area contributed by atoms with E-state index in [2.05, 4.69) is 24.1 Å². The van der Waals surface area contributed by atoms with E-state index in [1.54, 1.807) is 0 Å². The number of nitrogens with one attached hydrogen (secondary N) is 1. The standard InChI is InChI=1S/C15H24ClN3/c1-3-17-10-14-13(16)8-9-15(18-14)19(4-2)11-12-6-5-7-12/h8-9,12,17H,3-7,10-11H2,1-2H3. The van der Waals surface area contributed by atoms with E-state index in [4.69, 9.17) is 16.6 Å². The van der Waals surface area contributed by atoms with Gasteiger partial charge in [-0.2, -0.15) is 0 Å². The van der Waals surface area contributed by atoms with E-state index in [0.717, 1.165) is 48.6 Å². The van der Waals surface area contributed by atoms with Crippen LogP contribution >= 0.6 is 11.6 Å². The number of pyridine rings is 1. The molecule has 0 aromatic carbocycles. The summed E-state index contributed by atoms with van der Waals surface area (Å²) in [6, 6.07) is 4.01. The second-order valence-corrected chi connectivity index (χ2v) is 5.62. The SMILES string of the molecule is CCNCc1nc(N(CC)CC2CCC2)ccc1Cl. The summed E-state index contributed by atoms with van der Waals surface area (Å²) in [5.41, 5.74) is 0.952. The molecular formula is C15H24ClN3. The van der Waals surface area contributed by atoms with Crippen LogP contribution in [0.2, 0.25) is 5.02 Å². The highest BCUT2D eigenvalue weighted by atomic mass is 35.5. The van der Waals surface area contributed by atoms with E-state index in [1.165, 1.54) is 19.3 Å². The molecule has 0 aliphatic heterocycles. The van der Waals surface area contributed by atoms with Crippen LogP contribution in [0.3, 0.4) is 0 Å². The summed E-state index contributed by atoms with van der Waals surface area (Å²) < 4.78 is 0. The fourth-order valence-electron chi connectivity index (χ4n) is 2.39. The van der Waals surface area contributed by atoms with Crippen molar-refractivity contribution < 1.29 is 0 Å². The topological polar surface area (TPSA) is 28.2 Å². The quantitative estimate of drug-likeness (QED) is 0.829. The molecule has 1 aromatic rings. The molecule has 1 aliphatic rings. The number of rotatable bonds is 7. The molecule has 1 saturated carbocycles. The third-order valence-corrected chi connectivity index (χ3v) is 4.20. The van der Waals surface area contributed by atoms with Crippen LogP contribution in [0.15, 0.2) is 12.1 Å². The molecule has 0 bridgehead atoms. The first kappa shape index (κ1) is 14.6. The van der Waals surface area contributed by atoms with Crippen LogP contribution in [0.4, 0.5) is 5.82 Å². The van der Waals surface area contributed by atoms with Crippen LogP contribution < -0.4 is 10.2 Å². The summed E-state index contributed by atoms with van der Waals surface area (Å²) in [4.78, 5) is 7.09. The summed E-state index contributed by atoms with van der Waals surface area (Å²) in [5, 5.41) is 4.04. The lowest BCUT2D eigenvalue weighted by atomic mass is 9.85. The molecule has 0 atom stereocenters. The maximum atomic E-state index is 6.20. The highest BCUT2D eigenvalue weighted by Crippen LogP contribution is 2.29. The fraction of sp³-hybridized carbons (Fsp3) is 0.667. The Morgan fingerprint density at radius 2 is 2.16 bits per heavy atom. The van der Waals surface area contributed by atoms with E-state index < -0.39 is 0 Å². The van der Waals surface area contributed by atoms with Gasteiger partial charge in [-0.05, 0) is 44.4 Å². The van der Waals surface area contributed by atoms with Crippen LogP contribution in [0, 0.1) is 5.92 Å². The molecular weight excluding hydrogens is 258 g/mol. The third kappa shape index (κ3) is 3.83. The van der Waals surface area contributed by atoms with Crippen molar-refractivity contribution in [3.63, 3.8) is 0 Å². The van der Waals surface area contributed by atoms with Gasteiger partial charge in [-0.25, -0.2) is 4.98 Å². The molecule has 1 N–H and O–H groups in total. The number of halogens is 1. The molecule has 106 valence electrons. The van der Waals surface area contributed by atoms with Crippen molar-refractivity contribution in [1.82, 2.24) is 10.3 Å². The van der Waals surface area contributed by atoms with Crippen molar-refractivity contribution in [3.05, 3.63) is 22.8 Å². The molecule has 1 fully saturated rings. The van der Waals surface area contributed by atoms with Gasteiger partial charge in [0.2, 0.25) is 0 Å². The van der Waals surface area contributed by atoms with Crippen molar-refractivity contribution >= 4 is 17.4 Å². The van der Waals surface area contributed by atoms with Gasteiger partial charge in [0, 0.05) is 19.6 Å². The van der Waals surface area contributed by atoms with E-state index in [0.29, 0.717) is 0 Å². The largest absolute Gasteiger partial charge is 0.357 e. The van der Waals surface area contributed by atoms with Gasteiger partial charge in [0.15, 0.2) is 0 Å². The highest BCUT2D eigenvalue weighted by molar-refractivity contribution is 6.31. The average Bonchev–Trinajstić information content (AvgIpc) is 2.37. The molecule has 1 heterocycles. The van der Waals surface area contributed by atoms with Crippen molar-refractivity contribution in [2.24, 2.45) is 5.92 Å². The first-order valence-corrected chi connectivity index (χ1v) is 7.73. The number of hydrogen-bond donors (Lipinski definition) is 1. The molecule has 0 amide bonds. The maximum absolute atomic E-state index is 6.20. The van der Waals surface area contributed by atoms with Gasteiger partial charge in [0.05, 0.1) is 10.7 Å². The van der Waals surface area contributed by atoms with Crippen LogP contribution in [-0.2, 0) is 6.54 Å². The van der Waals surface area contributed by atoms with E-state index in [-0.39, 0.29) is 0 Å². The lowest BCUT2D eigenvalue weighted by Gasteiger charge is -2.32. The van der Waals surface area contributed by atoms with Crippen molar-refractivity contribution in [2.45, 2.75) is 39.7 Å². The molecule has 4 heteroatoms.